The van der Waals surface area contributed by atoms with Gasteiger partial charge in [0, 0.05) is 48.0 Å². The molecular formula is C21H18N4O. The van der Waals surface area contributed by atoms with Crippen LogP contribution in [0.25, 0.3) is 22.2 Å². The van der Waals surface area contributed by atoms with Crippen molar-refractivity contribution in [2.75, 3.05) is 0 Å². The Morgan fingerprint density at radius 3 is 2.96 bits per heavy atom. The van der Waals surface area contributed by atoms with Crippen LogP contribution in [0, 0.1) is 0 Å². The Hall–Kier alpha value is -2.92. The first-order valence-corrected chi connectivity index (χ1v) is 9.16. The summed E-state index contributed by atoms with van der Waals surface area (Å²) in [6.07, 6.45) is 6.94. The minimum atomic E-state index is -0.0519. The Kier molecular flexibility index (Phi) is 2.77. The van der Waals surface area contributed by atoms with Crippen molar-refractivity contribution in [1.29, 1.82) is 0 Å². The third-order valence-corrected chi connectivity index (χ3v) is 5.88. The Labute approximate surface area is 149 Å². The highest BCUT2D eigenvalue weighted by molar-refractivity contribution is 5.88. The average molecular weight is 342 g/mol. The highest BCUT2D eigenvalue weighted by atomic mass is 16.1. The topological polar surface area (TPSA) is 51.3 Å². The van der Waals surface area contributed by atoms with E-state index >= 15 is 0 Å². The van der Waals surface area contributed by atoms with Gasteiger partial charge in [0.05, 0.1) is 11.2 Å². The molecular weight excluding hydrogens is 324 g/mol. The summed E-state index contributed by atoms with van der Waals surface area (Å²) in [4.78, 5) is 16.6. The highest BCUT2D eigenvalue weighted by Gasteiger charge is 2.36. The zero-order valence-corrected chi connectivity index (χ0v) is 14.2. The SMILES string of the molecule is O=c1ccnc2ccc(-n3c4c(c5ccccc53)[C@H]3CC[C@@H](C4)N3)cn12. The third-order valence-electron chi connectivity index (χ3n) is 5.88. The Morgan fingerprint density at radius 2 is 2.00 bits per heavy atom. The number of benzene rings is 1. The second-order valence-electron chi connectivity index (χ2n) is 7.31. The van der Waals surface area contributed by atoms with Crippen LogP contribution in [0.15, 0.2) is 59.7 Å². The molecule has 3 aromatic heterocycles. The van der Waals surface area contributed by atoms with Crippen molar-refractivity contribution in [2.45, 2.75) is 31.3 Å². The van der Waals surface area contributed by atoms with Crippen molar-refractivity contribution in [3.8, 4) is 5.69 Å². The first-order valence-electron chi connectivity index (χ1n) is 9.16. The summed E-state index contributed by atoms with van der Waals surface area (Å²) >= 11 is 0. The maximum absolute atomic E-state index is 12.3. The number of fused-ring (bicyclic) bond motifs is 7. The summed E-state index contributed by atoms with van der Waals surface area (Å²) in [5.41, 5.74) is 5.67. The third kappa shape index (κ3) is 1.83. The van der Waals surface area contributed by atoms with Crippen LogP contribution in [0.5, 0.6) is 0 Å². The molecule has 0 unspecified atom stereocenters. The van der Waals surface area contributed by atoms with Crippen LogP contribution < -0.4 is 10.9 Å². The smallest absolute Gasteiger partial charge is 0.257 e. The van der Waals surface area contributed by atoms with Gasteiger partial charge in [0.1, 0.15) is 5.65 Å². The predicted molar refractivity (Wildman–Crippen MR) is 101 cm³/mol. The maximum atomic E-state index is 12.3. The monoisotopic (exact) mass is 342 g/mol. The second-order valence-corrected chi connectivity index (χ2v) is 7.31. The van der Waals surface area contributed by atoms with E-state index in [2.05, 4.69) is 45.2 Å². The van der Waals surface area contributed by atoms with Crippen LogP contribution in [0.4, 0.5) is 0 Å². The first kappa shape index (κ1) is 14.3. The lowest BCUT2D eigenvalue weighted by atomic mass is 9.99. The van der Waals surface area contributed by atoms with Crippen molar-refractivity contribution in [2.24, 2.45) is 0 Å². The van der Waals surface area contributed by atoms with Crippen LogP contribution in [-0.2, 0) is 6.42 Å². The molecule has 1 fully saturated rings. The molecule has 2 aliphatic rings. The predicted octanol–water partition coefficient (Wildman–Crippen LogP) is 2.99. The van der Waals surface area contributed by atoms with Gasteiger partial charge < -0.3 is 9.88 Å². The number of rotatable bonds is 1. The zero-order valence-electron chi connectivity index (χ0n) is 14.2. The molecule has 0 amide bonds. The number of nitrogens with one attached hydrogen (secondary N) is 1. The second kappa shape index (κ2) is 5.05. The molecule has 0 spiro atoms. The Bertz CT molecular complexity index is 1240. The van der Waals surface area contributed by atoms with Crippen LogP contribution in [0.3, 0.4) is 0 Å². The molecule has 26 heavy (non-hydrogen) atoms. The molecule has 0 radical (unpaired) electrons. The van der Waals surface area contributed by atoms with Crippen molar-refractivity contribution in [3.05, 3.63) is 76.5 Å². The van der Waals surface area contributed by atoms with Crippen molar-refractivity contribution in [1.82, 2.24) is 19.3 Å². The van der Waals surface area contributed by atoms with Gasteiger partial charge >= 0.3 is 0 Å². The van der Waals surface area contributed by atoms with E-state index in [0.717, 1.165) is 12.1 Å². The fraction of sp³-hybridized carbons (Fsp3) is 0.238. The summed E-state index contributed by atoms with van der Waals surface area (Å²) in [5, 5.41) is 5.08. The van der Waals surface area contributed by atoms with E-state index in [4.69, 9.17) is 0 Å². The number of nitrogens with zero attached hydrogens (tertiary/aromatic N) is 3. The molecule has 2 bridgehead atoms. The van der Waals surface area contributed by atoms with E-state index in [1.54, 1.807) is 10.6 Å². The normalized spacial score (nSPS) is 21.4. The molecule has 1 saturated heterocycles. The molecule has 1 N–H and O–H groups in total. The Balaban J connectivity index is 1.70. The minimum absolute atomic E-state index is 0.0519. The van der Waals surface area contributed by atoms with E-state index in [0.29, 0.717) is 17.7 Å². The molecule has 5 nitrogen and oxygen atoms in total. The fourth-order valence-corrected chi connectivity index (χ4v) is 4.80. The van der Waals surface area contributed by atoms with Crippen molar-refractivity contribution >= 4 is 16.6 Å². The standard InChI is InChI=1S/C21H18N4O/c26-20-9-10-22-19-8-6-14(12-24(19)20)25-17-4-2-1-3-15(17)21-16-7-5-13(23-16)11-18(21)25/h1-4,6,8-10,12-13,16,23H,5,7,11H2/t13-,16+/m0/s1. The molecule has 5 heterocycles. The number of para-hydroxylation sites is 1. The summed E-state index contributed by atoms with van der Waals surface area (Å²) in [6.45, 7) is 0. The fourth-order valence-electron chi connectivity index (χ4n) is 4.80. The average Bonchev–Trinajstić information content (AvgIpc) is 3.21. The number of hydrogen-bond donors (Lipinski definition) is 1. The quantitative estimate of drug-likeness (QED) is 0.579. The maximum Gasteiger partial charge on any atom is 0.257 e. The van der Waals surface area contributed by atoms with E-state index in [1.807, 2.05) is 12.3 Å². The number of pyridine rings is 1. The first-order chi connectivity index (χ1) is 12.8. The summed E-state index contributed by atoms with van der Waals surface area (Å²) in [7, 11) is 0. The van der Waals surface area contributed by atoms with Gasteiger partial charge in [-0.2, -0.15) is 0 Å². The van der Waals surface area contributed by atoms with Crippen LogP contribution in [0.1, 0.15) is 30.1 Å². The molecule has 0 aliphatic carbocycles. The van der Waals surface area contributed by atoms with E-state index in [-0.39, 0.29) is 5.56 Å². The molecule has 2 aliphatic heterocycles. The largest absolute Gasteiger partial charge is 0.312 e. The van der Waals surface area contributed by atoms with Crippen molar-refractivity contribution < 1.29 is 0 Å². The molecule has 128 valence electrons. The summed E-state index contributed by atoms with van der Waals surface area (Å²) in [5.74, 6) is 0. The van der Waals surface area contributed by atoms with Crippen LogP contribution >= 0.6 is 0 Å². The van der Waals surface area contributed by atoms with Gasteiger partial charge in [-0.1, -0.05) is 18.2 Å². The van der Waals surface area contributed by atoms with Crippen molar-refractivity contribution in [3.63, 3.8) is 0 Å². The Morgan fingerprint density at radius 1 is 1.08 bits per heavy atom. The van der Waals surface area contributed by atoms with E-state index in [1.165, 1.54) is 41.1 Å². The minimum Gasteiger partial charge on any atom is -0.312 e. The van der Waals surface area contributed by atoms with Gasteiger partial charge in [-0.05, 0) is 36.6 Å². The van der Waals surface area contributed by atoms with Crippen LogP contribution in [-0.4, -0.2) is 20.0 Å². The lowest BCUT2D eigenvalue weighted by Crippen LogP contribution is -2.32. The highest BCUT2D eigenvalue weighted by Crippen LogP contribution is 2.42. The van der Waals surface area contributed by atoms with Gasteiger partial charge in [-0.15, -0.1) is 0 Å². The molecule has 2 atom stereocenters. The van der Waals surface area contributed by atoms with Gasteiger partial charge in [-0.3, -0.25) is 9.20 Å². The van der Waals surface area contributed by atoms with Gasteiger partial charge in [-0.25, -0.2) is 4.98 Å². The van der Waals surface area contributed by atoms with E-state index < -0.39 is 0 Å². The van der Waals surface area contributed by atoms with Gasteiger partial charge in [0.25, 0.3) is 5.56 Å². The van der Waals surface area contributed by atoms with Crippen LogP contribution in [0.2, 0.25) is 0 Å². The molecule has 0 saturated carbocycles. The number of hydrogen-bond acceptors (Lipinski definition) is 3. The summed E-state index contributed by atoms with van der Waals surface area (Å²) in [6, 6.07) is 15.1. The number of aromatic nitrogens is 3. The van der Waals surface area contributed by atoms with Gasteiger partial charge in [0.2, 0.25) is 0 Å². The molecule has 6 rings (SSSR count). The van der Waals surface area contributed by atoms with Gasteiger partial charge in [0.15, 0.2) is 0 Å². The lowest BCUT2D eigenvalue weighted by Gasteiger charge is -2.24. The van der Waals surface area contributed by atoms with E-state index in [9.17, 15) is 4.79 Å². The lowest BCUT2D eigenvalue weighted by molar-refractivity contribution is 0.508. The summed E-state index contributed by atoms with van der Waals surface area (Å²) < 4.78 is 3.97. The zero-order chi connectivity index (χ0) is 17.3. The molecule has 5 heteroatoms. The molecule has 4 aromatic rings. The molecule has 1 aromatic carbocycles.